The van der Waals surface area contributed by atoms with E-state index in [1.54, 1.807) is 6.07 Å². The Labute approximate surface area is 161 Å². The minimum absolute atomic E-state index is 0.0317. The van der Waals surface area contributed by atoms with E-state index < -0.39 is 0 Å². The number of nitrogens with zero attached hydrogens (tertiary/aromatic N) is 2. The Hall–Kier alpha value is -2.69. The van der Waals surface area contributed by atoms with E-state index in [1.165, 1.54) is 0 Å². The molecule has 2 amide bonds. The number of phenols is 1. The van der Waals surface area contributed by atoms with Crippen LogP contribution in [0.25, 0.3) is 0 Å². The van der Waals surface area contributed by atoms with Crippen LogP contribution in [0, 0.1) is 5.41 Å². The number of aromatic hydroxyl groups is 1. The second-order valence-electron chi connectivity index (χ2n) is 8.12. The lowest BCUT2D eigenvalue weighted by Crippen LogP contribution is -2.53. The number of para-hydroxylation sites is 2. The molecule has 27 heavy (non-hydrogen) atoms. The molecule has 2 aromatic carbocycles. The summed E-state index contributed by atoms with van der Waals surface area (Å²) in [5.74, 6) is 0.285. The first-order valence-electron chi connectivity index (χ1n) is 9.49. The summed E-state index contributed by atoms with van der Waals surface area (Å²) in [6.45, 7) is 9.09. The normalized spacial score (nSPS) is 16.1. The Balaban J connectivity index is 1.64. The zero-order chi connectivity index (χ0) is 19.4. The molecule has 0 spiro atoms. The van der Waals surface area contributed by atoms with E-state index in [2.05, 4.69) is 43.1 Å². The van der Waals surface area contributed by atoms with Gasteiger partial charge < -0.3 is 20.2 Å². The van der Waals surface area contributed by atoms with Gasteiger partial charge in [-0.25, -0.2) is 4.79 Å². The van der Waals surface area contributed by atoms with Crippen LogP contribution in [0.2, 0.25) is 0 Å². The van der Waals surface area contributed by atoms with Gasteiger partial charge in [0.1, 0.15) is 5.75 Å². The van der Waals surface area contributed by atoms with Gasteiger partial charge in [-0.3, -0.25) is 0 Å². The Morgan fingerprint density at radius 1 is 0.963 bits per heavy atom. The quantitative estimate of drug-likeness (QED) is 0.862. The largest absolute Gasteiger partial charge is 0.506 e. The number of benzene rings is 2. The molecule has 0 saturated carbocycles. The first kappa shape index (κ1) is 19.1. The molecular weight excluding hydrogens is 338 g/mol. The molecular formula is C22H29N3O2. The molecule has 1 fully saturated rings. The van der Waals surface area contributed by atoms with E-state index in [1.807, 2.05) is 41.3 Å². The van der Waals surface area contributed by atoms with E-state index >= 15 is 0 Å². The number of urea groups is 1. The number of amides is 2. The maximum atomic E-state index is 12.9. The van der Waals surface area contributed by atoms with Gasteiger partial charge in [0.15, 0.2) is 0 Å². The van der Waals surface area contributed by atoms with E-state index in [9.17, 15) is 9.90 Å². The fourth-order valence-corrected chi connectivity index (χ4v) is 3.54. The van der Waals surface area contributed by atoms with Crippen LogP contribution in [-0.2, 0) is 0 Å². The number of rotatable bonds is 3. The number of phenolic OH excluding ortho intramolecular Hbond substituents is 1. The molecule has 1 saturated heterocycles. The number of piperazine rings is 1. The number of carbonyl (C=O) groups is 1. The maximum absolute atomic E-state index is 12.9. The van der Waals surface area contributed by atoms with Gasteiger partial charge in [-0.05, 0) is 23.1 Å². The predicted molar refractivity (Wildman–Crippen MR) is 109 cm³/mol. The summed E-state index contributed by atoms with van der Waals surface area (Å²) in [6, 6.07) is 17.4. The van der Waals surface area contributed by atoms with Gasteiger partial charge in [0.2, 0.25) is 0 Å². The molecule has 2 aromatic rings. The maximum Gasteiger partial charge on any atom is 0.318 e. The predicted octanol–water partition coefficient (Wildman–Crippen LogP) is 4.01. The van der Waals surface area contributed by atoms with Crippen molar-refractivity contribution in [2.45, 2.75) is 26.8 Å². The van der Waals surface area contributed by atoms with Crippen molar-refractivity contribution in [2.75, 3.05) is 31.1 Å². The summed E-state index contributed by atoms with van der Waals surface area (Å²) in [5, 5.41) is 13.3. The molecule has 1 aliphatic rings. The zero-order valence-electron chi connectivity index (χ0n) is 16.4. The van der Waals surface area contributed by atoms with Crippen molar-refractivity contribution >= 4 is 11.7 Å². The molecule has 5 heteroatoms. The van der Waals surface area contributed by atoms with Crippen LogP contribution in [0.5, 0.6) is 5.75 Å². The van der Waals surface area contributed by atoms with Crippen LogP contribution >= 0.6 is 0 Å². The van der Waals surface area contributed by atoms with E-state index in [0.717, 1.165) is 11.3 Å². The molecule has 144 valence electrons. The molecule has 3 rings (SSSR count). The average Bonchev–Trinajstić information content (AvgIpc) is 2.66. The Morgan fingerprint density at radius 2 is 1.56 bits per heavy atom. The Kier molecular flexibility index (Phi) is 5.59. The van der Waals surface area contributed by atoms with Gasteiger partial charge >= 0.3 is 6.03 Å². The molecule has 1 aliphatic heterocycles. The van der Waals surface area contributed by atoms with E-state index in [4.69, 9.17) is 0 Å². The van der Waals surface area contributed by atoms with Gasteiger partial charge in [-0.2, -0.15) is 0 Å². The fraction of sp³-hybridized carbons (Fsp3) is 0.409. The Morgan fingerprint density at radius 3 is 2.15 bits per heavy atom. The minimum atomic E-state index is -0.0886. The first-order valence-corrected chi connectivity index (χ1v) is 9.49. The Bertz CT molecular complexity index is 763. The molecule has 1 unspecified atom stereocenters. The van der Waals surface area contributed by atoms with Crippen molar-refractivity contribution in [3.8, 4) is 5.75 Å². The second-order valence-corrected chi connectivity index (χ2v) is 8.12. The third-order valence-corrected chi connectivity index (χ3v) is 5.06. The molecule has 0 aromatic heterocycles. The monoisotopic (exact) mass is 367 g/mol. The lowest BCUT2D eigenvalue weighted by Gasteiger charge is -2.38. The summed E-state index contributed by atoms with van der Waals surface area (Å²) in [5.41, 5.74) is 1.86. The summed E-state index contributed by atoms with van der Waals surface area (Å²) in [4.78, 5) is 16.9. The molecule has 1 atom stereocenters. The summed E-state index contributed by atoms with van der Waals surface area (Å²) in [7, 11) is 0. The van der Waals surface area contributed by atoms with Gasteiger partial charge in [0.25, 0.3) is 0 Å². The SMILES string of the molecule is CC(C)(C)C(NC(=O)N1CCN(c2ccccc2O)CC1)c1ccccc1. The molecule has 0 bridgehead atoms. The lowest BCUT2D eigenvalue weighted by atomic mass is 9.82. The third kappa shape index (κ3) is 4.54. The first-order chi connectivity index (χ1) is 12.9. The highest BCUT2D eigenvalue weighted by Gasteiger charge is 2.30. The van der Waals surface area contributed by atoms with E-state index in [-0.39, 0.29) is 23.2 Å². The number of nitrogens with one attached hydrogen (secondary N) is 1. The van der Waals surface area contributed by atoms with Gasteiger partial charge in [0, 0.05) is 26.2 Å². The molecule has 1 heterocycles. The smallest absolute Gasteiger partial charge is 0.318 e. The standard InChI is InChI=1S/C22H29N3O2/c1-22(2,3)20(17-9-5-4-6-10-17)23-21(27)25-15-13-24(14-16-25)18-11-7-8-12-19(18)26/h4-12,20,26H,13-16H2,1-3H3,(H,23,27). The number of hydrogen-bond donors (Lipinski definition) is 2. The van der Waals surface area contributed by atoms with Gasteiger partial charge in [0.05, 0.1) is 11.7 Å². The highest BCUT2D eigenvalue weighted by Crippen LogP contribution is 2.33. The fourth-order valence-electron chi connectivity index (χ4n) is 3.54. The van der Waals surface area contributed by atoms with Crippen molar-refractivity contribution in [3.05, 3.63) is 60.2 Å². The van der Waals surface area contributed by atoms with E-state index in [0.29, 0.717) is 26.2 Å². The van der Waals surface area contributed by atoms with Crippen LogP contribution in [0.3, 0.4) is 0 Å². The van der Waals surface area contributed by atoms with Crippen molar-refractivity contribution in [2.24, 2.45) is 5.41 Å². The zero-order valence-corrected chi connectivity index (χ0v) is 16.4. The number of carbonyl (C=O) groups excluding carboxylic acids is 1. The second kappa shape index (κ2) is 7.91. The number of hydrogen-bond acceptors (Lipinski definition) is 3. The lowest BCUT2D eigenvalue weighted by molar-refractivity contribution is 0.176. The summed E-state index contributed by atoms with van der Waals surface area (Å²) in [6.07, 6.45) is 0. The molecule has 2 N–H and O–H groups in total. The van der Waals surface area contributed by atoms with Crippen molar-refractivity contribution in [1.82, 2.24) is 10.2 Å². The molecule has 5 nitrogen and oxygen atoms in total. The highest BCUT2D eigenvalue weighted by molar-refractivity contribution is 5.75. The highest BCUT2D eigenvalue weighted by atomic mass is 16.3. The summed E-state index contributed by atoms with van der Waals surface area (Å²) < 4.78 is 0. The van der Waals surface area contributed by atoms with Crippen LogP contribution in [0.4, 0.5) is 10.5 Å². The minimum Gasteiger partial charge on any atom is -0.506 e. The number of anilines is 1. The van der Waals surface area contributed by atoms with Crippen molar-refractivity contribution in [1.29, 1.82) is 0 Å². The third-order valence-electron chi connectivity index (χ3n) is 5.06. The van der Waals surface area contributed by atoms with Crippen LogP contribution in [0.15, 0.2) is 54.6 Å². The molecule has 0 radical (unpaired) electrons. The van der Waals surface area contributed by atoms with Crippen molar-refractivity contribution < 1.29 is 9.90 Å². The van der Waals surface area contributed by atoms with Crippen LogP contribution < -0.4 is 10.2 Å². The average molecular weight is 367 g/mol. The van der Waals surface area contributed by atoms with Crippen molar-refractivity contribution in [3.63, 3.8) is 0 Å². The van der Waals surface area contributed by atoms with Crippen LogP contribution in [0.1, 0.15) is 32.4 Å². The van der Waals surface area contributed by atoms with Gasteiger partial charge in [-0.1, -0.05) is 63.2 Å². The van der Waals surface area contributed by atoms with Gasteiger partial charge in [-0.15, -0.1) is 0 Å². The summed E-state index contributed by atoms with van der Waals surface area (Å²) >= 11 is 0. The topological polar surface area (TPSA) is 55.8 Å². The molecule has 0 aliphatic carbocycles. The van der Waals surface area contributed by atoms with Crippen LogP contribution in [-0.4, -0.2) is 42.2 Å².